The Kier molecular flexibility index (Phi) is 5.12. The van der Waals surface area contributed by atoms with Crippen molar-refractivity contribution in [3.63, 3.8) is 0 Å². The van der Waals surface area contributed by atoms with Crippen LogP contribution in [0.4, 0.5) is 0 Å². The first-order valence-electron chi connectivity index (χ1n) is 5.95. The largest absolute Gasteiger partial charge is 0.479 e. The van der Waals surface area contributed by atoms with Crippen LogP contribution in [0.15, 0.2) is 16.6 Å². The van der Waals surface area contributed by atoms with E-state index in [2.05, 4.69) is 15.9 Å². The lowest BCUT2D eigenvalue weighted by Crippen LogP contribution is -2.29. The Bertz CT molecular complexity index is 454. The zero-order valence-corrected chi connectivity index (χ0v) is 13.1. The van der Waals surface area contributed by atoms with Gasteiger partial charge in [0.1, 0.15) is 0 Å². The Morgan fingerprint density at radius 2 is 1.84 bits per heavy atom. The number of aliphatic hydroxyl groups is 1. The molecule has 0 aliphatic carbocycles. The molecule has 19 heavy (non-hydrogen) atoms. The number of aryl methyl sites for hydroxylation is 2. The summed E-state index contributed by atoms with van der Waals surface area (Å²) in [5.41, 5.74) is 1.42. The highest BCUT2D eigenvalue weighted by molar-refractivity contribution is 9.10. The molecule has 0 aliphatic rings. The van der Waals surface area contributed by atoms with Crippen LogP contribution >= 0.6 is 15.9 Å². The molecule has 1 atom stereocenters. The van der Waals surface area contributed by atoms with E-state index in [1.165, 1.54) is 0 Å². The van der Waals surface area contributed by atoms with Gasteiger partial charge in [-0.1, -0.05) is 28.1 Å². The number of rotatable bonds is 5. The number of halogens is 1. The highest BCUT2D eigenvalue weighted by Gasteiger charge is 2.25. The van der Waals surface area contributed by atoms with Gasteiger partial charge < -0.3 is 14.9 Å². The Morgan fingerprint density at radius 3 is 2.21 bits per heavy atom. The van der Waals surface area contributed by atoms with Gasteiger partial charge in [0.15, 0.2) is 6.10 Å². The second kappa shape index (κ2) is 6.03. The summed E-state index contributed by atoms with van der Waals surface area (Å²) >= 11 is 3.44. The van der Waals surface area contributed by atoms with Crippen LogP contribution < -0.4 is 0 Å². The molecule has 1 aromatic rings. The van der Waals surface area contributed by atoms with Crippen LogP contribution in [0.2, 0.25) is 0 Å². The molecule has 106 valence electrons. The first-order valence-corrected chi connectivity index (χ1v) is 6.74. The van der Waals surface area contributed by atoms with E-state index in [1.54, 1.807) is 26.0 Å². The van der Waals surface area contributed by atoms with Gasteiger partial charge in [0.25, 0.3) is 0 Å². The molecule has 0 bridgehead atoms. The van der Waals surface area contributed by atoms with E-state index in [1.807, 2.05) is 13.8 Å². The summed E-state index contributed by atoms with van der Waals surface area (Å²) in [7, 11) is 0. The Labute approximate surface area is 121 Å². The molecular weight excluding hydrogens is 312 g/mol. The number of hydrogen-bond donors (Lipinski definition) is 2. The standard InChI is InChI=1S/C14H19BrO4/c1-8-5-10(6-9(2)11(8)15)12(13(16)17)19-7-14(3,4)18/h5-6,12,18H,7H2,1-4H3,(H,16,17). The summed E-state index contributed by atoms with van der Waals surface area (Å²) < 4.78 is 6.30. The van der Waals surface area contributed by atoms with E-state index < -0.39 is 17.7 Å². The zero-order chi connectivity index (χ0) is 14.8. The SMILES string of the molecule is Cc1cc(C(OCC(C)(C)O)C(=O)O)cc(C)c1Br. The van der Waals surface area contributed by atoms with Crippen molar-refractivity contribution >= 4 is 21.9 Å². The first kappa shape index (κ1) is 16.1. The number of hydrogen-bond acceptors (Lipinski definition) is 3. The molecule has 0 aliphatic heterocycles. The maximum atomic E-state index is 11.3. The van der Waals surface area contributed by atoms with Crippen molar-refractivity contribution in [3.8, 4) is 0 Å². The molecule has 0 fully saturated rings. The van der Waals surface area contributed by atoms with Crippen molar-refractivity contribution in [3.05, 3.63) is 33.3 Å². The van der Waals surface area contributed by atoms with Gasteiger partial charge in [0, 0.05) is 4.47 Å². The van der Waals surface area contributed by atoms with Gasteiger partial charge in [-0.3, -0.25) is 0 Å². The fourth-order valence-electron chi connectivity index (χ4n) is 1.73. The molecule has 1 unspecified atom stereocenters. The van der Waals surface area contributed by atoms with Crippen molar-refractivity contribution in [1.29, 1.82) is 0 Å². The lowest BCUT2D eigenvalue weighted by molar-refractivity contribution is -0.155. The van der Waals surface area contributed by atoms with Crippen molar-refractivity contribution in [2.24, 2.45) is 0 Å². The minimum atomic E-state index is -1.07. The highest BCUT2D eigenvalue weighted by Crippen LogP contribution is 2.28. The molecule has 4 nitrogen and oxygen atoms in total. The molecule has 0 heterocycles. The van der Waals surface area contributed by atoms with Crippen LogP contribution in [0.5, 0.6) is 0 Å². The van der Waals surface area contributed by atoms with Gasteiger partial charge in [0.2, 0.25) is 0 Å². The number of carbonyl (C=O) groups is 1. The topological polar surface area (TPSA) is 66.8 Å². The second-order valence-electron chi connectivity index (χ2n) is 5.31. The molecule has 1 rings (SSSR count). The molecule has 0 spiro atoms. The molecule has 0 radical (unpaired) electrons. The summed E-state index contributed by atoms with van der Waals surface area (Å²) in [6.45, 7) is 6.90. The molecule has 0 amide bonds. The van der Waals surface area contributed by atoms with Crippen LogP contribution in [0.25, 0.3) is 0 Å². The molecule has 5 heteroatoms. The molecule has 1 aromatic carbocycles. The van der Waals surface area contributed by atoms with Crippen molar-refractivity contribution in [2.45, 2.75) is 39.4 Å². The number of ether oxygens (including phenoxy) is 1. The maximum Gasteiger partial charge on any atom is 0.337 e. The predicted octanol–water partition coefficient (Wildman–Crippen LogP) is 2.98. The molecule has 2 N–H and O–H groups in total. The minimum Gasteiger partial charge on any atom is -0.479 e. The lowest BCUT2D eigenvalue weighted by Gasteiger charge is -2.22. The van der Waals surface area contributed by atoms with Gasteiger partial charge in [-0.05, 0) is 44.4 Å². The lowest BCUT2D eigenvalue weighted by atomic mass is 10.0. The number of carboxylic acid groups (broad SMARTS) is 1. The second-order valence-corrected chi connectivity index (χ2v) is 6.10. The Hall–Kier alpha value is -0.910. The van der Waals surface area contributed by atoms with Crippen molar-refractivity contribution < 1.29 is 19.7 Å². The van der Waals surface area contributed by atoms with E-state index >= 15 is 0 Å². The van der Waals surface area contributed by atoms with Crippen LogP contribution in [-0.4, -0.2) is 28.4 Å². The third-order valence-electron chi connectivity index (χ3n) is 2.59. The van der Waals surface area contributed by atoms with E-state index in [4.69, 9.17) is 4.74 Å². The molecule has 0 saturated heterocycles. The highest BCUT2D eigenvalue weighted by atomic mass is 79.9. The molecule has 0 aromatic heterocycles. The number of carboxylic acids is 1. The number of aliphatic carboxylic acids is 1. The molecular formula is C14H19BrO4. The Balaban J connectivity index is 3.03. The van der Waals surface area contributed by atoms with Gasteiger partial charge in [-0.2, -0.15) is 0 Å². The summed E-state index contributed by atoms with van der Waals surface area (Å²) in [5.74, 6) is -1.06. The first-order chi connectivity index (χ1) is 8.61. The van der Waals surface area contributed by atoms with Crippen LogP contribution in [-0.2, 0) is 9.53 Å². The van der Waals surface area contributed by atoms with Crippen molar-refractivity contribution in [2.75, 3.05) is 6.61 Å². The quantitative estimate of drug-likeness (QED) is 0.870. The predicted molar refractivity (Wildman–Crippen MR) is 76.2 cm³/mol. The monoisotopic (exact) mass is 330 g/mol. The van der Waals surface area contributed by atoms with E-state index in [-0.39, 0.29) is 6.61 Å². The number of benzene rings is 1. The fraction of sp³-hybridized carbons (Fsp3) is 0.500. The Morgan fingerprint density at radius 1 is 1.37 bits per heavy atom. The minimum absolute atomic E-state index is 0.0435. The fourth-order valence-corrected chi connectivity index (χ4v) is 1.96. The summed E-state index contributed by atoms with van der Waals surface area (Å²) in [5, 5.41) is 18.9. The summed E-state index contributed by atoms with van der Waals surface area (Å²) in [6.07, 6.45) is -1.07. The van der Waals surface area contributed by atoms with Crippen LogP contribution in [0.1, 0.15) is 36.6 Å². The van der Waals surface area contributed by atoms with E-state index in [9.17, 15) is 15.0 Å². The van der Waals surface area contributed by atoms with Gasteiger partial charge in [-0.25, -0.2) is 4.79 Å². The summed E-state index contributed by atoms with van der Waals surface area (Å²) in [6, 6.07) is 3.56. The van der Waals surface area contributed by atoms with Crippen LogP contribution in [0.3, 0.4) is 0 Å². The normalized spacial score (nSPS) is 13.4. The summed E-state index contributed by atoms with van der Waals surface area (Å²) in [4.78, 5) is 11.3. The van der Waals surface area contributed by atoms with Crippen LogP contribution in [0, 0.1) is 13.8 Å². The van der Waals surface area contributed by atoms with Gasteiger partial charge in [0.05, 0.1) is 12.2 Å². The average molecular weight is 331 g/mol. The third kappa shape index (κ3) is 4.60. The zero-order valence-electron chi connectivity index (χ0n) is 11.5. The van der Waals surface area contributed by atoms with E-state index in [0.29, 0.717) is 5.56 Å². The van der Waals surface area contributed by atoms with Crippen molar-refractivity contribution in [1.82, 2.24) is 0 Å². The van der Waals surface area contributed by atoms with E-state index in [0.717, 1.165) is 15.6 Å². The molecule has 0 saturated carbocycles. The van der Waals surface area contributed by atoms with Gasteiger partial charge >= 0.3 is 5.97 Å². The smallest absolute Gasteiger partial charge is 0.337 e. The third-order valence-corrected chi connectivity index (χ3v) is 3.84. The maximum absolute atomic E-state index is 11.3. The average Bonchev–Trinajstić information content (AvgIpc) is 2.23. The van der Waals surface area contributed by atoms with Gasteiger partial charge in [-0.15, -0.1) is 0 Å².